The largest absolute Gasteiger partial charge is 0.508 e. The van der Waals surface area contributed by atoms with E-state index in [1.54, 1.807) is 12.1 Å². The number of aromatic nitrogens is 1. The molecule has 26 heavy (non-hydrogen) atoms. The number of nitrogens with one attached hydrogen (secondary N) is 1. The van der Waals surface area contributed by atoms with Gasteiger partial charge >= 0.3 is 0 Å². The molecule has 0 atom stereocenters. The number of aromatic hydroxyl groups is 1. The van der Waals surface area contributed by atoms with Crippen molar-refractivity contribution in [3.8, 4) is 5.75 Å². The lowest BCUT2D eigenvalue weighted by Gasteiger charge is -2.12. The molecule has 0 radical (unpaired) electrons. The number of fused-ring (bicyclic) bond motifs is 2. The van der Waals surface area contributed by atoms with E-state index in [1.807, 2.05) is 42.6 Å². The van der Waals surface area contributed by atoms with Crippen LogP contribution in [0.2, 0.25) is 0 Å². The van der Waals surface area contributed by atoms with Crippen molar-refractivity contribution in [3.05, 3.63) is 95.7 Å². The molecule has 124 valence electrons. The second-order valence-electron chi connectivity index (χ2n) is 6.36. The van der Waals surface area contributed by atoms with Crippen LogP contribution in [0.4, 0.5) is 5.69 Å². The molecule has 0 spiro atoms. The lowest BCUT2D eigenvalue weighted by atomic mass is 9.90. The molecule has 0 unspecified atom stereocenters. The molecule has 0 aliphatic carbocycles. The van der Waals surface area contributed by atoms with Gasteiger partial charge in [0.15, 0.2) is 0 Å². The molecule has 0 fully saturated rings. The number of hydrogen-bond acceptors (Lipinski definition) is 2. The van der Waals surface area contributed by atoms with Crippen LogP contribution >= 0.6 is 0 Å². The fraction of sp³-hybridized carbons (Fsp3) is 0. The quantitative estimate of drug-likeness (QED) is 0.495. The number of benzene rings is 3. The predicted octanol–water partition coefficient (Wildman–Crippen LogP) is 5.55. The van der Waals surface area contributed by atoms with E-state index in [0.717, 1.165) is 39.0 Å². The van der Waals surface area contributed by atoms with Crippen molar-refractivity contribution < 1.29 is 5.11 Å². The number of hydrogen-bond donors (Lipinski definition) is 2. The molecule has 1 aliphatic heterocycles. The maximum Gasteiger partial charge on any atom is 0.115 e. The molecule has 0 amide bonds. The van der Waals surface area contributed by atoms with Crippen molar-refractivity contribution in [1.29, 1.82) is 0 Å². The zero-order chi connectivity index (χ0) is 17.5. The van der Waals surface area contributed by atoms with Crippen molar-refractivity contribution in [2.45, 2.75) is 0 Å². The number of rotatable bonds is 2. The third-order valence-corrected chi connectivity index (χ3v) is 4.81. The molecule has 0 saturated carbocycles. The molecular weight excluding hydrogens is 320 g/mol. The number of para-hydroxylation sites is 2. The molecule has 1 aliphatic rings. The van der Waals surface area contributed by atoms with Gasteiger partial charge in [0.1, 0.15) is 5.75 Å². The molecule has 2 heterocycles. The summed E-state index contributed by atoms with van der Waals surface area (Å²) in [5, 5.41) is 10.9. The van der Waals surface area contributed by atoms with Gasteiger partial charge in [-0.3, -0.25) is 4.99 Å². The first kappa shape index (κ1) is 14.7. The fourth-order valence-electron chi connectivity index (χ4n) is 3.58. The van der Waals surface area contributed by atoms with Crippen LogP contribution in [0.1, 0.15) is 16.7 Å². The summed E-state index contributed by atoms with van der Waals surface area (Å²) in [6, 6.07) is 23.8. The Kier molecular flexibility index (Phi) is 3.25. The number of phenolic OH excluding ortho intramolecular Hbond substituents is 1. The Morgan fingerprint density at radius 2 is 1.62 bits per heavy atom. The van der Waals surface area contributed by atoms with E-state index in [9.17, 15) is 5.11 Å². The van der Waals surface area contributed by atoms with Crippen LogP contribution in [0.15, 0.2) is 84.0 Å². The first-order chi connectivity index (χ1) is 12.8. The van der Waals surface area contributed by atoms with Crippen LogP contribution in [0.3, 0.4) is 0 Å². The van der Waals surface area contributed by atoms with Crippen LogP contribution < -0.4 is 0 Å². The number of allylic oxidation sites excluding steroid dienone is 1. The van der Waals surface area contributed by atoms with Crippen LogP contribution in [0, 0.1) is 0 Å². The van der Waals surface area contributed by atoms with Crippen LogP contribution in [0.5, 0.6) is 5.75 Å². The van der Waals surface area contributed by atoms with Crippen LogP contribution in [0.25, 0.3) is 22.0 Å². The summed E-state index contributed by atoms with van der Waals surface area (Å²) in [4.78, 5) is 7.96. The number of H-pyrrole nitrogens is 1. The van der Waals surface area contributed by atoms with Gasteiger partial charge in [-0.1, -0.05) is 48.5 Å². The van der Waals surface area contributed by atoms with Gasteiger partial charge in [-0.2, -0.15) is 0 Å². The van der Waals surface area contributed by atoms with Gasteiger partial charge in [0.2, 0.25) is 0 Å². The molecule has 3 aromatic carbocycles. The summed E-state index contributed by atoms with van der Waals surface area (Å²) in [7, 11) is 0. The van der Waals surface area contributed by atoms with Crippen LogP contribution in [-0.4, -0.2) is 16.3 Å². The standard InChI is InChI=1S/C23H16N2O/c26-16-11-9-15(10-12-16)23(19-13-24-21-7-3-1-5-17(19)21)20-14-25-22-8-4-2-6-18(20)22/h1-14,24,26H. The third kappa shape index (κ3) is 2.25. The smallest absolute Gasteiger partial charge is 0.115 e. The second kappa shape index (κ2) is 5.74. The van der Waals surface area contributed by atoms with Gasteiger partial charge in [0.25, 0.3) is 0 Å². The van der Waals surface area contributed by atoms with Gasteiger partial charge in [0.05, 0.1) is 5.69 Å². The van der Waals surface area contributed by atoms with E-state index in [1.165, 1.54) is 5.39 Å². The zero-order valence-electron chi connectivity index (χ0n) is 14.0. The average molecular weight is 336 g/mol. The lowest BCUT2D eigenvalue weighted by Crippen LogP contribution is -1.93. The van der Waals surface area contributed by atoms with Gasteiger partial charge in [-0.15, -0.1) is 0 Å². The Bertz CT molecular complexity index is 1180. The zero-order valence-corrected chi connectivity index (χ0v) is 14.0. The Balaban J connectivity index is 1.85. The summed E-state index contributed by atoms with van der Waals surface area (Å²) < 4.78 is 0. The predicted molar refractivity (Wildman–Crippen MR) is 107 cm³/mol. The van der Waals surface area contributed by atoms with Gasteiger partial charge < -0.3 is 10.1 Å². The van der Waals surface area contributed by atoms with E-state index >= 15 is 0 Å². The highest BCUT2D eigenvalue weighted by atomic mass is 16.3. The van der Waals surface area contributed by atoms with Crippen molar-refractivity contribution >= 4 is 34.0 Å². The molecule has 3 heteroatoms. The van der Waals surface area contributed by atoms with Crippen molar-refractivity contribution in [2.75, 3.05) is 0 Å². The maximum atomic E-state index is 9.72. The Hall–Kier alpha value is -3.59. The summed E-state index contributed by atoms with van der Waals surface area (Å²) >= 11 is 0. The summed E-state index contributed by atoms with van der Waals surface area (Å²) in [5.41, 5.74) is 7.59. The molecule has 2 N–H and O–H groups in total. The average Bonchev–Trinajstić information content (AvgIpc) is 3.29. The summed E-state index contributed by atoms with van der Waals surface area (Å²) in [6.07, 6.45) is 3.99. The second-order valence-corrected chi connectivity index (χ2v) is 6.36. The van der Waals surface area contributed by atoms with Crippen molar-refractivity contribution in [3.63, 3.8) is 0 Å². The Morgan fingerprint density at radius 3 is 2.50 bits per heavy atom. The summed E-state index contributed by atoms with van der Waals surface area (Å²) in [5.74, 6) is 0.262. The van der Waals surface area contributed by atoms with E-state index in [0.29, 0.717) is 0 Å². The normalized spacial score (nSPS) is 14.6. The monoisotopic (exact) mass is 336 g/mol. The minimum absolute atomic E-state index is 0.262. The molecule has 4 aromatic rings. The highest BCUT2D eigenvalue weighted by Gasteiger charge is 2.20. The lowest BCUT2D eigenvalue weighted by molar-refractivity contribution is 0.475. The topological polar surface area (TPSA) is 48.4 Å². The molecule has 0 saturated heterocycles. The Morgan fingerprint density at radius 1 is 0.846 bits per heavy atom. The third-order valence-electron chi connectivity index (χ3n) is 4.81. The highest BCUT2D eigenvalue weighted by molar-refractivity contribution is 6.27. The molecule has 3 nitrogen and oxygen atoms in total. The highest BCUT2D eigenvalue weighted by Crippen LogP contribution is 2.41. The fourth-order valence-corrected chi connectivity index (χ4v) is 3.58. The van der Waals surface area contributed by atoms with E-state index in [-0.39, 0.29) is 5.75 Å². The van der Waals surface area contributed by atoms with Gasteiger partial charge in [-0.25, -0.2) is 0 Å². The first-order valence-electron chi connectivity index (χ1n) is 8.55. The molecule has 5 rings (SSSR count). The minimum Gasteiger partial charge on any atom is -0.508 e. The SMILES string of the molecule is Oc1ccc(C(=C2C=Nc3ccccc32)c2c[nH]c3ccccc23)cc1. The van der Waals surface area contributed by atoms with Crippen molar-refractivity contribution in [2.24, 2.45) is 4.99 Å². The number of phenols is 1. The minimum atomic E-state index is 0.262. The van der Waals surface area contributed by atoms with E-state index in [4.69, 9.17) is 0 Å². The van der Waals surface area contributed by atoms with Crippen molar-refractivity contribution in [1.82, 2.24) is 4.98 Å². The number of aromatic amines is 1. The van der Waals surface area contributed by atoms with Crippen LogP contribution in [-0.2, 0) is 0 Å². The first-order valence-corrected chi connectivity index (χ1v) is 8.55. The molecule has 0 bridgehead atoms. The molecule has 1 aromatic heterocycles. The number of aliphatic imine (C=N–C) groups is 1. The summed E-state index contributed by atoms with van der Waals surface area (Å²) in [6.45, 7) is 0. The van der Waals surface area contributed by atoms with E-state index < -0.39 is 0 Å². The van der Waals surface area contributed by atoms with E-state index in [2.05, 4.69) is 40.4 Å². The molecular formula is C23H16N2O. The van der Waals surface area contributed by atoms with Gasteiger partial charge in [0, 0.05) is 45.6 Å². The number of nitrogens with zero attached hydrogens (tertiary/aromatic N) is 1. The maximum absolute atomic E-state index is 9.72. The Labute approximate surface area is 151 Å². The van der Waals surface area contributed by atoms with Gasteiger partial charge in [-0.05, 0) is 29.8 Å².